The lowest BCUT2D eigenvalue weighted by Gasteiger charge is -2.15. The molecule has 0 spiro atoms. The SMILES string of the molecule is CCCCCCCCCCCCCC(=O)OC(C)C.CCCCCCCCCCCCCCC(C(=O)O)C(C)C. The summed E-state index contributed by atoms with van der Waals surface area (Å²) in [5.74, 6) is -0.540. The van der Waals surface area contributed by atoms with E-state index in [0.717, 1.165) is 19.3 Å². The molecule has 1 N–H and O–H groups in total. The van der Waals surface area contributed by atoms with Crippen LogP contribution in [0.3, 0.4) is 0 Å². The quantitative estimate of drug-likeness (QED) is 0.0753. The van der Waals surface area contributed by atoms with Crippen molar-refractivity contribution in [3.05, 3.63) is 0 Å². The molecule has 0 bridgehead atoms. The Morgan fingerprint density at radius 1 is 0.525 bits per heavy atom. The Hall–Kier alpha value is -1.06. The number of carboxylic acid groups (broad SMARTS) is 1. The lowest BCUT2D eigenvalue weighted by Crippen LogP contribution is -2.19. The molecule has 4 nitrogen and oxygen atoms in total. The van der Waals surface area contributed by atoms with E-state index in [4.69, 9.17) is 9.84 Å². The first-order valence-electron chi connectivity index (χ1n) is 17.7. The summed E-state index contributed by atoms with van der Waals surface area (Å²) in [7, 11) is 0. The van der Waals surface area contributed by atoms with Gasteiger partial charge in [0.2, 0.25) is 0 Å². The summed E-state index contributed by atoms with van der Waals surface area (Å²) in [5, 5.41) is 9.12. The zero-order valence-corrected chi connectivity index (χ0v) is 28.1. The second kappa shape index (κ2) is 32.5. The molecule has 0 rings (SSSR count). The Balaban J connectivity index is 0. The number of esters is 1. The molecule has 0 heterocycles. The van der Waals surface area contributed by atoms with Crippen molar-refractivity contribution < 1.29 is 19.4 Å². The summed E-state index contributed by atoms with van der Waals surface area (Å²) in [5.41, 5.74) is 0. The molecule has 0 amide bonds. The van der Waals surface area contributed by atoms with Crippen molar-refractivity contribution in [1.29, 1.82) is 0 Å². The lowest BCUT2D eigenvalue weighted by atomic mass is 9.90. The largest absolute Gasteiger partial charge is 0.481 e. The molecule has 240 valence electrons. The van der Waals surface area contributed by atoms with Crippen molar-refractivity contribution in [1.82, 2.24) is 0 Å². The maximum absolute atomic E-state index is 11.3. The fourth-order valence-electron chi connectivity index (χ4n) is 5.20. The molecule has 0 aromatic carbocycles. The summed E-state index contributed by atoms with van der Waals surface area (Å²) in [4.78, 5) is 22.4. The summed E-state index contributed by atoms with van der Waals surface area (Å²) in [6, 6.07) is 0. The van der Waals surface area contributed by atoms with Gasteiger partial charge < -0.3 is 9.84 Å². The van der Waals surface area contributed by atoms with Gasteiger partial charge in [0, 0.05) is 6.42 Å². The molecular formula is C36H72O4. The van der Waals surface area contributed by atoms with Crippen molar-refractivity contribution in [3.63, 3.8) is 0 Å². The predicted molar refractivity (Wildman–Crippen MR) is 174 cm³/mol. The Labute approximate surface area is 251 Å². The van der Waals surface area contributed by atoms with Gasteiger partial charge in [0.25, 0.3) is 0 Å². The first-order chi connectivity index (χ1) is 19.3. The minimum atomic E-state index is -0.618. The van der Waals surface area contributed by atoms with E-state index in [1.807, 2.05) is 27.7 Å². The molecule has 0 saturated heterocycles. The molecule has 0 aliphatic carbocycles. The van der Waals surface area contributed by atoms with E-state index in [0.29, 0.717) is 6.42 Å². The van der Waals surface area contributed by atoms with Crippen LogP contribution in [-0.2, 0) is 14.3 Å². The molecule has 0 aromatic heterocycles. The Kier molecular flexibility index (Phi) is 33.3. The number of aliphatic carboxylic acids is 1. The van der Waals surface area contributed by atoms with Gasteiger partial charge in [0.05, 0.1) is 12.0 Å². The number of unbranched alkanes of at least 4 members (excludes halogenated alkanes) is 21. The number of hydrogen-bond acceptors (Lipinski definition) is 3. The normalized spacial score (nSPS) is 11.9. The van der Waals surface area contributed by atoms with Crippen molar-refractivity contribution >= 4 is 11.9 Å². The summed E-state index contributed by atoms with van der Waals surface area (Å²) in [6.07, 6.45) is 31.9. The van der Waals surface area contributed by atoms with E-state index in [-0.39, 0.29) is 23.9 Å². The fraction of sp³-hybridized carbons (Fsp3) is 0.944. The van der Waals surface area contributed by atoms with Crippen LogP contribution >= 0.6 is 0 Å². The van der Waals surface area contributed by atoms with Crippen molar-refractivity contribution in [3.8, 4) is 0 Å². The zero-order valence-electron chi connectivity index (χ0n) is 28.1. The highest BCUT2D eigenvalue weighted by Gasteiger charge is 2.20. The second-order valence-electron chi connectivity index (χ2n) is 12.7. The van der Waals surface area contributed by atoms with Gasteiger partial charge in [0.1, 0.15) is 0 Å². The molecule has 0 aliphatic rings. The van der Waals surface area contributed by atoms with Crippen LogP contribution in [0.4, 0.5) is 0 Å². The monoisotopic (exact) mass is 569 g/mol. The molecule has 1 atom stereocenters. The molecular weight excluding hydrogens is 496 g/mol. The van der Waals surface area contributed by atoms with E-state index in [9.17, 15) is 9.59 Å². The smallest absolute Gasteiger partial charge is 0.306 e. The van der Waals surface area contributed by atoms with Crippen LogP contribution < -0.4 is 0 Å². The first kappa shape index (κ1) is 41.1. The molecule has 0 radical (unpaired) electrons. The molecule has 4 heteroatoms. The molecule has 40 heavy (non-hydrogen) atoms. The standard InChI is InChI=1S/C19H38O2.C17H34O2/c1-4-5-6-7-8-9-10-11-12-13-14-15-16-18(17(2)3)19(20)21;1-4-5-6-7-8-9-10-11-12-13-14-15-17(18)19-16(2)3/h17-18H,4-16H2,1-3H3,(H,20,21);16H,4-15H2,1-3H3. The Morgan fingerprint density at radius 2 is 0.850 bits per heavy atom. The van der Waals surface area contributed by atoms with E-state index < -0.39 is 5.97 Å². The van der Waals surface area contributed by atoms with Crippen LogP contribution in [0.1, 0.15) is 202 Å². The molecule has 0 aliphatic heterocycles. The predicted octanol–water partition coefficient (Wildman–Crippen LogP) is 12.1. The maximum Gasteiger partial charge on any atom is 0.306 e. The van der Waals surface area contributed by atoms with Crippen molar-refractivity contribution in [2.45, 2.75) is 208 Å². The molecule has 0 saturated carbocycles. The number of hydrogen-bond donors (Lipinski definition) is 1. The van der Waals surface area contributed by atoms with Crippen LogP contribution in [0.2, 0.25) is 0 Å². The second-order valence-corrected chi connectivity index (χ2v) is 12.7. The van der Waals surface area contributed by atoms with Gasteiger partial charge in [-0.3, -0.25) is 9.59 Å². The minimum absolute atomic E-state index is 0.0280. The zero-order chi connectivity index (χ0) is 30.3. The van der Waals surface area contributed by atoms with Gasteiger partial charge in [-0.2, -0.15) is 0 Å². The third-order valence-corrected chi connectivity index (χ3v) is 7.84. The van der Waals surface area contributed by atoms with Gasteiger partial charge in [0.15, 0.2) is 0 Å². The van der Waals surface area contributed by atoms with Crippen LogP contribution in [0.15, 0.2) is 0 Å². The first-order valence-corrected chi connectivity index (χ1v) is 17.7. The third-order valence-electron chi connectivity index (χ3n) is 7.84. The van der Waals surface area contributed by atoms with Gasteiger partial charge in [-0.05, 0) is 32.6 Å². The van der Waals surface area contributed by atoms with Gasteiger partial charge in [-0.1, -0.05) is 169 Å². The van der Waals surface area contributed by atoms with Gasteiger partial charge in [-0.25, -0.2) is 0 Å². The average Bonchev–Trinajstić information content (AvgIpc) is 2.89. The van der Waals surface area contributed by atoms with Crippen molar-refractivity contribution in [2.75, 3.05) is 0 Å². The number of carbonyl (C=O) groups excluding carboxylic acids is 1. The molecule has 0 fully saturated rings. The third kappa shape index (κ3) is 33.1. The molecule has 1 unspecified atom stereocenters. The van der Waals surface area contributed by atoms with Crippen LogP contribution in [0.5, 0.6) is 0 Å². The topological polar surface area (TPSA) is 63.6 Å². The number of rotatable bonds is 28. The minimum Gasteiger partial charge on any atom is -0.481 e. The van der Waals surface area contributed by atoms with E-state index >= 15 is 0 Å². The summed E-state index contributed by atoms with van der Waals surface area (Å²) < 4.78 is 5.10. The van der Waals surface area contributed by atoms with Crippen molar-refractivity contribution in [2.24, 2.45) is 11.8 Å². The van der Waals surface area contributed by atoms with Crippen LogP contribution in [0, 0.1) is 11.8 Å². The van der Waals surface area contributed by atoms with Crippen LogP contribution in [-0.4, -0.2) is 23.1 Å². The number of ether oxygens (including phenoxy) is 1. The Morgan fingerprint density at radius 3 is 1.15 bits per heavy atom. The highest BCUT2D eigenvalue weighted by atomic mass is 16.5. The highest BCUT2D eigenvalue weighted by molar-refractivity contribution is 5.70. The lowest BCUT2D eigenvalue weighted by molar-refractivity contribution is -0.147. The van der Waals surface area contributed by atoms with Gasteiger partial charge >= 0.3 is 11.9 Å². The number of carbonyl (C=O) groups is 2. The number of carboxylic acids is 1. The van der Waals surface area contributed by atoms with E-state index in [1.54, 1.807) is 0 Å². The Bertz CT molecular complexity index is 529. The van der Waals surface area contributed by atoms with E-state index in [1.165, 1.54) is 135 Å². The molecule has 0 aromatic rings. The van der Waals surface area contributed by atoms with Gasteiger partial charge in [-0.15, -0.1) is 0 Å². The highest BCUT2D eigenvalue weighted by Crippen LogP contribution is 2.20. The average molecular weight is 569 g/mol. The summed E-state index contributed by atoms with van der Waals surface area (Å²) in [6.45, 7) is 12.4. The summed E-state index contributed by atoms with van der Waals surface area (Å²) >= 11 is 0. The maximum atomic E-state index is 11.3. The van der Waals surface area contributed by atoms with Crippen LogP contribution in [0.25, 0.3) is 0 Å². The van der Waals surface area contributed by atoms with E-state index in [2.05, 4.69) is 13.8 Å². The fourth-order valence-corrected chi connectivity index (χ4v) is 5.20.